The number of hydrogen-bond acceptors (Lipinski definition) is 6. The Morgan fingerprint density at radius 2 is 1.31 bits per heavy atom. The van der Waals surface area contributed by atoms with Crippen molar-refractivity contribution in [2.24, 2.45) is 45.3 Å². The fourth-order valence-corrected chi connectivity index (χ4v) is 12.8. The molecule has 0 heterocycles. The molecule has 0 aromatic heterocycles. The molecular formula is C54H102N4O3. The van der Waals surface area contributed by atoms with Gasteiger partial charge in [0.05, 0.1) is 12.7 Å². The maximum atomic E-state index is 12.0. The Bertz CT molecular complexity index is 1420. The smallest absolute Gasteiger partial charge is 0.337 e. The summed E-state index contributed by atoms with van der Waals surface area (Å²) in [5, 5.41) is 6.66. The maximum absolute atomic E-state index is 12.0. The molecule has 0 aliphatic heterocycles. The highest BCUT2D eigenvalue weighted by atomic mass is 16.5. The molecule has 4 fully saturated rings. The molecular weight excluding hydrogens is 753 g/mol. The highest BCUT2D eigenvalue weighted by Crippen LogP contribution is 2.74. The number of nitrogens with zero attached hydrogens (tertiary/aromatic N) is 2. The van der Waals surface area contributed by atoms with E-state index in [2.05, 4.69) is 82.7 Å². The lowest BCUT2D eigenvalue weighted by molar-refractivity contribution is -0.188. The lowest BCUT2D eigenvalue weighted by Crippen LogP contribution is -2.71. The third-order valence-corrected chi connectivity index (χ3v) is 14.7. The highest BCUT2D eigenvalue weighted by Gasteiger charge is 2.69. The molecule has 5 aliphatic rings. The Morgan fingerprint density at radius 3 is 1.80 bits per heavy atom. The van der Waals surface area contributed by atoms with Crippen LogP contribution < -0.4 is 10.6 Å². The molecule has 6 rings (SSSR count). The SMILES string of the molecule is C.C/C=C/[C@]12CCC[C@@H]1[C@@]1(NC)CCC3[C@@]4(C)CC=C(c5ccc(C(=O)OC)cc5)C(C)(C)C4CC[C@@]3(C)C1CC2.CC.CC.CC.CC.CN(C)C.CN(C)CCNC=O. The average Bonchev–Trinajstić information content (AvgIpc) is 3.68. The molecule has 3 unspecified atom stereocenters. The largest absolute Gasteiger partial charge is 0.465 e. The van der Waals surface area contributed by atoms with Crippen molar-refractivity contribution in [1.29, 1.82) is 0 Å². The standard InChI is InChI=1S/C37H53NO2.C5H12N2O.C3H9N.4C2H6.CH4/c1-8-19-36-20-9-10-31(36)37(38-6)24-18-29-34(4)21-15-27(25-11-13-26(14-12-25)32(39)40-7)33(2,3)28(34)16-22-35(29,5)30(37)17-23-36;1-7(2)4-3-6-5-8;1-4(2)3;4*1-2;/h8,11-15,19,28-31,38H,9-10,16-18,20-24H2,1-7H3;5H,3-4H2,1-2H3,(H,6,8);1-3H3;4*1-2H3;1H4/b19-8+;;;;;;;/t28?,29?,30?,31-,34-,35+,36+,37+;;;;;;;/m0......./s1. The van der Waals surface area contributed by atoms with E-state index < -0.39 is 0 Å². The summed E-state index contributed by atoms with van der Waals surface area (Å²) in [6.07, 6.45) is 21.8. The van der Waals surface area contributed by atoms with E-state index >= 15 is 0 Å². The van der Waals surface area contributed by atoms with Gasteiger partial charge in [-0.3, -0.25) is 4.79 Å². The number of carbonyl (C=O) groups is 2. The van der Waals surface area contributed by atoms with E-state index in [9.17, 15) is 9.59 Å². The van der Waals surface area contributed by atoms with E-state index in [0.29, 0.717) is 34.1 Å². The zero-order chi connectivity index (χ0) is 46.5. The van der Waals surface area contributed by atoms with Crippen LogP contribution in [0.25, 0.3) is 5.57 Å². The van der Waals surface area contributed by atoms with Gasteiger partial charge < -0.3 is 25.2 Å². The van der Waals surface area contributed by atoms with Gasteiger partial charge in [-0.1, -0.05) is 127 Å². The first-order valence-electron chi connectivity index (χ1n) is 24.2. The number of rotatable bonds is 8. The van der Waals surface area contributed by atoms with Crippen LogP contribution in [0, 0.1) is 45.3 Å². The summed E-state index contributed by atoms with van der Waals surface area (Å²) in [6, 6.07) is 8.14. The van der Waals surface area contributed by atoms with Crippen LogP contribution in [-0.4, -0.2) is 90.2 Å². The number of esters is 1. The second kappa shape index (κ2) is 28.3. The second-order valence-electron chi connectivity index (χ2n) is 18.6. The van der Waals surface area contributed by atoms with Crippen LogP contribution in [-0.2, 0) is 9.53 Å². The number of nitrogens with one attached hydrogen (secondary N) is 2. The number of ether oxygens (including phenoxy) is 1. The summed E-state index contributed by atoms with van der Waals surface area (Å²) in [7, 11) is 13.7. The van der Waals surface area contributed by atoms with Gasteiger partial charge in [0.15, 0.2) is 0 Å². The summed E-state index contributed by atoms with van der Waals surface area (Å²) in [6.45, 7) is 30.3. The van der Waals surface area contributed by atoms with Crippen LogP contribution in [0.15, 0.2) is 42.5 Å². The third kappa shape index (κ3) is 13.5. The molecule has 2 N–H and O–H groups in total. The number of benzene rings is 1. The molecule has 8 atom stereocenters. The first kappa shape index (κ1) is 60.6. The van der Waals surface area contributed by atoms with E-state index in [1.165, 1.54) is 82.5 Å². The minimum atomic E-state index is -0.263. The van der Waals surface area contributed by atoms with Crippen LogP contribution >= 0.6 is 0 Å². The molecule has 1 aromatic rings. The van der Waals surface area contributed by atoms with Gasteiger partial charge in [0, 0.05) is 18.6 Å². The van der Waals surface area contributed by atoms with Crippen molar-refractivity contribution in [3.8, 4) is 0 Å². The van der Waals surface area contributed by atoms with Crippen molar-refractivity contribution in [2.75, 3.05) is 62.5 Å². The van der Waals surface area contributed by atoms with Gasteiger partial charge >= 0.3 is 5.97 Å². The zero-order valence-corrected chi connectivity index (χ0v) is 43.0. The quantitative estimate of drug-likeness (QED) is 0.117. The zero-order valence-electron chi connectivity index (χ0n) is 43.0. The number of methoxy groups -OCH3 is 1. The molecule has 7 nitrogen and oxygen atoms in total. The topological polar surface area (TPSA) is 73.9 Å². The maximum Gasteiger partial charge on any atom is 0.337 e. The van der Waals surface area contributed by atoms with Crippen molar-refractivity contribution < 1.29 is 14.3 Å². The summed E-state index contributed by atoms with van der Waals surface area (Å²) < 4.78 is 4.94. The molecule has 356 valence electrons. The predicted molar refractivity (Wildman–Crippen MR) is 269 cm³/mol. The normalized spacial score (nSPS) is 30.9. The van der Waals surface area contributed by atoms with Crippen LogP contribution in [0.5, 0.6) is 0 Å². The van der Waals surface area contributed by atoms with Gasteiger partial charge in [-0.25, -0.2) is 4.79 Å². The second-order valence-corrected chi connectivity index (χ2v) is 18.6. The molecule has 0 spiro atoms. The first-order valence-corrected chi connectivity index (χ1v) is 24.2. The van der Waals surface area contributed by atoms with E-state index in [0.717, 1.165) is 30.8 Å². The summed E-state index contributed by atoms with van der Waals surface area (Å²) >= 11 is 0. The van der Waals surface area contributed by atoms with Crippen molar-refractivity contribution in [1.82, 2.24) is 20.4 Å². The Morgan fingerprint density at radius 1 is 0.770 bits per heavy atom. The third-order valence-electron chi connectivity index (χ3n) is 14.7. The lowest BCUT2D eigenvalue weighted by Gasteiger charge is -2.71. The summed E-state index contributed by atoms with van der Waals surface area (Å²) in [4.78, 5) is 25.7. The number of amides is 1. The van der Waals surface area contributed by atoms with Crippen molar-refractivity contribution in [3.63, 3.8) is 0 Å². The molecule has 0 radical (unpaired) electrons. The first-order chi connectivity index (χ1) is 28.5. The average molecular weight is 855 g/mol. The molecule has 4 saturated carbocycles. The molecule has 7 heteroatoms. The van der Waals surface area contributed by atoms with Crippen LogP contribution in [0.3, 0.4) is 0 Å². The van der Waals surface area contributed by atoms with Crippen LogP contribution in [0.2, 0.25) is 0 Å². The van der Waals surface area contributed by atoms with E-state index in [-0.39, 0.29) is 24.3 Å². The number of fused-ring (bicyclic) bond motifs is 7. The summed E-state index contributed by atoms with van der Waals surface area (Å²) in [5.41, 5.74) is 4.87. The summed E-state index contributed by atoms with van der Waals surface area (Å²) in [5.74, 6) is 2.71. The molecule has 1 amide bonds. The van der Waals surface area contributed by atoms with Gasteiger partial charge in [-0.2, -0.15) is 0 Å². The highest BCUT2D eigenvalue weighted by molar-refractivity contribution is 5.90. The van der Waals surface area contributed by atoms with Crippen molar-refractivity contribution >= 4 is 18.0 Å². The van der Waals surface area contributed by atoms with Gasteiger partial charge in [0.2, 0.25) is 6.41 Å². The van der Waals surface area contributed by atoms with Gasteiger partial charge in [0.1, 0.15) is 0 Å². The van der Waals surface area contributed by atoms with Crippen molar-refractivity contribution in [3.05, 3.63) is 53.6 Å². The van der Waals surface area contributed by atoms with E-state index in [1.54, 1.807) is 0 Å². The molecule has 5 aliphatic carbocycles. The predicted octanol–water partition coefficient (Wildman–Crippen LogP) is 13.1. The Balaban J connectivity index is 0. The minimum Gasteiger partial charge on any atom is -0.465 e. The van der Waals surface area contributed by atoms with Gasteiger partial charge in [-0.15, -0.1) is 0 Å². The Kier molecular flexibility index (Phi) is 28.2. The molecule has 0 bridgehead atoms. The van der Waals surface area contributed by atoms with Gasteiger partial charge in [-0.05, 0) is 176 Å². The van der Waals surface area contributed by atoms with Crippen LogP contribution in [0.1, 0.15) is 178 Å². The number of hydrogen-bond donors (Lipinski definition) is 2. The minimum absolute atomic E-state index is 0. The van der Waals surface area contributed by atoms with Crippen LogP contribution in [0.4, 0.5) is 0 Å². The number of likely N-dealkylation sites (N-methyl/N-ethyl adjacent to an activating group) is 1. The molecule has 1 aromatic carbocycles. The Hall–Kier alpha value is -2.48. The Labute approximate surface area is 380 Å². The van der Waals surface area contributed by atoms with E-state index in [4.69, 9.17) is 4.74 Å². The number of allylic oxidation sites excluding steroid dienone is 4. The lowest BCUT2D eigenvalue weighted by atomic mass is 9.35. The fourth-order valence-electron chi connectivity index (χ4n) is 12.8. The fraction of sp³-hybridized carbons (Fsp3) is 0.778. The molecule has 61 heavy (non-hydrogen) atoms. The van der Waals surface area contributed by atoms with Crippen molar-refractivity contribution in [2.45, 2.75) is 167 Å². The molecule has 0 saturated heterocycles. The van der Waals surface area contributed by atoms with Gasteiger partial charge in [0.25, 0.3) is 0 Å². The number of carbonyl (C=O) groups excluding carboxylic acids is 2. The van der Waals surface area contributed by atoms with E-state index in [1.807, 2.05) is 113 Å². The monoisotopic (exact) mass is 855 g/mol.